The summed E-state index contributed by atoms with van der Waals surface area (Å²) in [7, 11) is 1.34. The van der Waals surface area contributed by atoms with Crippen molar-refractivity contribution in [3.63, 3.8) is 0 Å². The molecule has 1 fully saturated rings. The molecule has 0 aliphatic carbocycles. The third-order valence-corrected chi connectivity index (χ3v) is 3.51. The summed E-state index contributed by atoms with van der Waals surface area (Å²) in [5, 5.41) is 3.10. The van der Waals surface area contributed by atoms with Crippen molar-refractivity contribution < 1.29 is 19.1 Å². The second-order valence-corrected chi connectivity index (χ2v) is 4.82. The molecule has 0 radical (unpaired) electrons. The number of hydrogen-bond acceptors (Lipinski definition) is 5. The van der Waals surface area contributed by atoms with Crippen molar-refractivity contribution >= 4 is 11.9 Å². The van der Waals surface area contributed by atoms with Gasteiger partial charge in [-0.1, -0.05) is 30.3 Å². The van der Waals surface area contributed by atoms with Crippen LogP contribution in [0.1, 0.15) is 12.0 Å². The highest BCUT2D eigenvalue weighted by atomic mass is 16.5. The van der Waals surface area contributed by atoms with Gasteiger partial charge in [0.25, 0.3) is 0 Å². The first-order chi connectivity index (χ1) is 9.72. The van der Waals surface area contributed by atoms with Crippen LogP contribution in [0.25, 0.3) is 0 Å². The molecule has 0 spiro atoms. The highest BCUT2D eigenvalue weighted by molar-refractivity contribution is 5.82. The van der Waals surface area contributed by atoms with Crippen molar-refractivity contribution in [3.8, 4) is 0 Å². The van der Waals surface area contributed by atoms with E-state index in [1.54, 1.807) is 0 Å². The minimum absolute atomic E-state index is 0.234. The summed E-state index contributed by atoms with van der Waals surface area (Å²) >= 11 is 0. The molecule has 2 atom stereocenters. The van der Waals surface area contributed by atoms with Crippen LogP contribution in [0.4, 0.5) is 0 Å². The number of esters is 2. The number of methoxy groups -OCH3 is 1. The van der Waals surface area contributed by atoms with Crippen LogP contribution < -0.4 is 5.32 Å². The van der Waals surface area contributed by atoms with E-state index in [2.05, 4.69) is 5.32 Å². The van der Waals surface area contributed by atoms with Gasteiger partial charge in [-0.15, -0.1) is 0 Å². The molecular weight excluding hydrogens is 258 g/mol. The number of rotatable bonds is 4. The van der Waals surface area contributed by atoms with E-state index in [9.17, 15) is 9.59 Å². The first-order valence-corrected chi connectivity index (χ1v) is 6.71. The molecule has 1 saturated heterocycles. The van der Waals surface area contributed by atoms with Crippen molar-refractivity contribution in [1.29, 1.82) is 0 Å². The van der Waals surface area contributed by atoms with Gasteiger partial charge in [-0.25, -0.2) is 0 Å². The van der Waals surface area contributed by atoms with Crippen LogP contribution >= 0.6 is 0 Å². The van der Waals surface area contributed by atoms with E-state index in [-0.39, 0.29) is 18.5 Å². The summed E-state index contributed by atoms with van der Waals surface area (Å²) in [5.41, 5.74) is 0.935. The lowest BCUT2D eigenvalue weighted by atomic mass is 9.86. The first-order valence-electron chi connectivity index (χ1n) is 6.71. The largest absolute Gasteiger partial charge is 0.469 e. The lowest BCUT2D eigenvalue weighted by Gasteiger charge is -2.28. The third-order valence-electron chi connectivity index (χ3n) is 3.51. The van der Waals surface area contributed by atoms with Crippen molar-refractivity contribution in [1.82, 2.24) is 5.32 Å². The molecule has 1 heterocycles. The van der Waals surface area contributed by atoms with Gasteiger partial charge in [-0.3, -0.25) is 9.59 Å². The van der Waals surface area contributed by atoms with Gasteiger partial charge in [0.05, 0.1) is 18.9 Å². The van der Waals surface area contributed by atoms with Crippen LogP contribution in [0, 0.1) is 11.8 Å². The van der Waals surface area contributed by atoms with E-state index in [1.165, 1.54) is 7.11 Å². The number of ether oxygens (including phenoxy) is 2. The van der Waals surface area contributed by atoms with Gasteiger partial charge in [0, 0.05) is 6.54 Å². The first kappa shape index (κ1) is 14.5. The van der Waals surface area contributed by atoms with Gasteiger partial charge < -0.3 is 14.8 Å². The number of piperidine rings is 1. The highest BCUT2D eigenvalue weighted by Crippen LogP contribution is 2.22. The summed E-state index contributed by atoms with van der Waals surface area (Å²) in [4.78, 5) is 23.8. The van der Waals surface area contributed by atoms with Gasteiger partial charge in [0.1, 0.15) is 6.61 Å². The number of carbonyl (C=O) groups excluding carboxylic acids is 2. The molecule has 0 saturated carbocycles. The zero-order valence-electron chi connectivity index (χ0n) is 11.5. The fourth-order valence-electron chi connectivity index (χ4n) is 2.38. The summed E-state index contributed by atoms with van der Waals surface area (Å²) in [6.45, 7) is 1.40. The molecule has 1 aliphatic heterocycles. The Bertz CT molecular complexity index is 460. The second kappa shape index (κ2) is 7.05. The van der Waals surface area contributed by atoms with E-state index >= 15 is 0 Å². The topological polar surface area (TPSA) is 64.6 Å². The smallest absolute Gasteiger partial charge is 0.310 e. The Labute approximate surface area is 118 Å². The minimum Gasteiger partial charge on any atom is -0.469 e. The predicted molar refractivity (Wildman–Crippen MR) is 72.7 cm³/mol. The Morgan fingerprint density at radius 3 is 2.65 bits per heavy atom. The van der Waals surface area contributed by atoms with E-state index < -0.39 is 11.8 Å². The molecule has 20 heavy (non-hydrogen) atoms. The van der Waals surface area contributed by atoms with Crippen LogP contribution in [-0.4, -0.2) is 32.1 Å². The van der Waals surface area contributed by atoms with E-state index in [4.69, 9.17) is 9.47 Å². The fraction of sp³-hybridized carbons (Fsp3) is 0.467. The monoisotopic (exact) mass is 277 g/mol. The summed E-state index contributed by atoms with van der Waals surface area (Å²) < 4.78 is 10.1. The molecule has 1 aliphatic rings. The maximum Gasteiger partial charge on any atom is 0.310 e. The number of benzene rings is 1. The maximum atomic E-state index is 12.1. The molecule has 1 N–H and O–H groups in total. The summed E-state index contributed by atoms with van der Waals surface area (Å²) in [6, 6.07) is 9.49. The zero-order valence-corrected chi connectivity index (χ0v) is 11.5. The fourth-order valence-corrected chi connectivity index (χ4v) is 2.38. The van der Waals surface area contributed by atoms with Gasteiger partial charge in [-0.2, -0.15) is 0 Å². The Balaban J connectivity index is 1.94. The van der Waals surface area contributed by atoms with Gasteiger partial charge in [0.15, 0.2) is 0 Å². The van der Waals surface area contributed by atoms with E-state index in [0.717, 1.165) is 5.56 Å². The number of carbonyl (C=O) groups is 2. The van der Waals surface area contributed by atoms with Crippen molar-refractivity contribution in [2.75, 3.05) is 20.2 Å². The van der Waals surface area contributed by atoms with Crippen LogP contribution in [0.5, 0.6) is 0 Å². The lowest BCUT2D eigenvalue weighted by Crippen LogP contribution is -2.45. The molecular formula is C15H19NO4. The number of nitrogens with one attached hydrogen (secondary N) is 1. The highest BCUT2D eigenvalue weighted by Gasteiger charge is 2.37. The second-order valence-electron chi connectivity index (χ2n) is 4.82. The Kier molecular flexibility index (Phi) is 5.12. The average Bonchev–Trinajstić information content (AvgIpc) is 2.52. The molecule has 5 heteroatoms. The van der Waals surface area contributed by atoms with Gasteiger partial charge >= 0.3 is 11.9 Å². The van der Waals surface area contributed by atoms with Crippen molar-refractivity contribution in [2.24, 2.45) is 11.8 Å². The standard InChI is InChI=1S/C15H19NO4/c1-19-14(17)13-9-16-8-7-12(13)15(18)20-10-11-5-3-2-4-6-11/h2-6,12-13,16H,7-10H2,1H3/t12-,13-/m1/s1. The van der Waals surface area contributed by atoms with Crippen LogP contribution in [0.2, 0.25) is 0 Å². The molecule has 0 bridgehead atoms. The molecule has 5 nitrogen and oxygen atoms in total. The normalized spacial score (nSPS) is 22.1. The van der Waals surface area contributed by atoms with Crippen LogP contribution in [0.15, 0.2) is 30.3 Å². The Morgan fingerprint density at radius 1 is 1.20 bits per heavy atom. The minimum atomic E-state index is -0.461. The summed E-state index contributed by atoms with van der Waals surface area (Å²) in [5.74, 6) is -1.57. The molecule has 0 aromatic heterocycles. The van der Waals surface area contributed by atoms with Crippen molar-refractivity contribution in [3.05, 3.63) is 35.9 Å². The molecule has 1 aromatic rings. The van der Waals surface area contributed by atoms with Gasteiger partial charge in [-0.05, 0) is 18.5 Å². The molecule has 0 unspecified atom stereocenters. The Hall–Kier alpha value is -1.88. The van der Waals surface area contributed by atoms with Crippen LogP contribution in [-0.2, 0) is 25.7 Å². The molecule has 1 aromatic carbocycles. The zero-order chi connectivity index (χ0) is 14.4. The lowest BCUT2D eigenvalue weighted by molar-refractivity contribution is -0.161. The Morgan fingerprint density at radius 2 is 1.95 bits per heavy atom. The number of hydrogen-bond donors (Lipinski definition) is 1. The predicted octanol–water partition coefficient (Wildman–Crippen LogP) is 1.13. The van der Waals surface area contributed by atoms with E-state index in [1.807, 2.05) is 30.3 Å². The maximum absolute atomic E-state index is 12.1. The van der Waals surface area contributed by atoms with Crippen molar-refractivity contribution in [2.45, 2.75) is 13.0 Å². The quantitative estimate of drug-likeness (QED) is 0.836. The van der Waals surface area contributed by atoms with Gasteiger partial charge in [0.2, 0.25) is 0 Å². The van der Waals surface area contributed by atoms with E-state index in [0.29, 0.717) is 19.5 Å². The third kappa shape index (κ3) is 3.57. The molecule has 108 valence electrons. The molecule has 0 amide bonds. The summed E-state index contributed by atoms with van der Waals surface area (Å²) in [6.07, 6.45) is 0.591. The molecule has 2 rings (SSSR count). The SMILES string of the molecule is COC(=O)[C@@H]1CNCC[C@H]1C(=O)OCc1ccccc1. The average molecular weight is 277 g/mol. The van der Waals surface area contributed by atoms with Crippen LogP contribution in [0.3, 0.4) is 0 Å².